The molecule has 0 bridgehead atoms. The first-order valence-corrected chi connectivity index (χ1v) is 6.15. The van der Waals surface area contributed by atoms with E-state index in [9.17, 15) is 19.7 Å². The zero-order chi connectivity index (χ0) is 15.3. The van der Waals surface area contributed by atoms with Gasteiger partial charge >= 0.3 is 5.97 Å². The lowest BCUT2D eigenvalue weighted by atomic mass is 10.1. The summed E-state index contributed by atoms with van der Waals surface area (Å²) in [5.41, 5.74) is -0.0914. The van der Waals surface area contributed by atoms with Gasteiger partial charge in [-0.3, -0.25) is 19.7 Å². The molecule has 1 amide bonds. The standard InChI is InChI=1S/C12H13ClN2O5/c1-7(12(17)18)4-5-14-11(16)8-2-3-10(15(19)20)9(13)6-8/h2-3,6-7H,4-5H2,1H3,(H,14,16)(H,17,18). The lowest BCUT2D eigenvalue weighted by Gasteiger charge is -2.08. The van der Waals surface area contributed by atoms with Gasteiger partial charge in [-0.25, -0.2) is 0 Å². The summed E-state index contributed by atoms with van der Waals surface area (Å²) in [7, 11) is 0. The molecule has 0 aliphatic rings. The van der Waals surface area contributed by atoms with Crippen molar-refractivity contribution in [3.8, 4) is 0 Å². The minimum absolute atomic E-state index is 0.124. The Morgan fingerprint density at radius 1 is 1.50 bits per heavy atom. The van der Waals surface area contributed by atoms with Gasteiger partial charge < -0.3 is 10.4 Å². The molecule has 0 spiro atoms. The Kier molecular flexibility index (Phi) is 5.45. The Balaban J connectivity index is 2.62. The van der Waals surface area contributed by atoms with E-state index < -0.39 is 22.7 Å². The van der Waals surface area contributed by atoms with Crippen molar-refractivity contribution in [2.75, 3.05) is 6.54 Å². The maximum atomic E-state index is 11.7. The van der Waals surface area contributed by atoms with Crippen LogP contribution in [0.5, 0.6) is 0 Å². The molecule has 8 heteroatoms. The van der Waals surface area contributed by atoms with Gasteiger partial charge in [-0.1, -0.05) is 18.5 Å². The van der Waals surface area contributed by atoms with Gasteiger partial charge in [-0.2, -0.15) is 0 Å². The molecular formula is C12H13ClN2O5. The van der Waals surface area contributed by atoms with Gasteiger partial charge in [0.2, 0.25) is 0 Å². The van der Waals surface area contributed by atoms with Crippen LogP contribution in [-0.4, -0.2) is 28.5 Å². The fourth-order valence-corrected chi connectivity index (χ4v) is 1.67. The number of nitro groups is 1. The average molecular weight is 301 g/mol. The summed E-state index contributed by atoms with van der Waals surface area (Å²) in [6, 6.07) is 3.65. The molecule has 108 valence electrons. The van der Waals surface area contributed by atoms with Crippen LogP contribution in [0.25, 0.3) is 0 Å². The molecule has 0 saturated carbocycles. The molecule has 1 rings (SSSR count). The molecule has 0 aliphatic carbocycles. The monoisotopic (exact) mass is 300 g/mol. The molecular weight excluding hydrogens is 288 g/mol. The van der Waals surface area contributed by atoms with Gasteiger partial charge in [0, 0.05) is 18.2 Å². The molecule has 0 heterocycles. The van der Waals surface area contributed by atoms with E-state index in [1.165, 1.54) is 19.1 Å². The molecule has 1 atom stereocenters. The number of hydrogen-bond donors (Lipinski definition) is 2. The molecule has 7 nitrogen and oxygen atoms in total. The largest absolute Gasteiger partial charge is 0.481 e. The number of carboxylic acids is 1. The second-order valence-corrected chi connectivity index (χ2v) is 4.61. The van der Waals surface area contributed by atoms with Crippen molar-refractivity contribution in [3.63, 3.8) is 0 Å². The van der Waals surface area contributed by atoms with Gasteiger partial charge in [0.15, 0.2) is 0 Å². The molecule has 0 saturated heterocycles. The predicted octanol–water partition coefficient (Wildman–Crippen LogP) is 2.09. The van der Waals surface area contributed by atoms with E-state index >= 15 is 0 Å². The molecule has 0 fully saturated rings. The summed E-state index contributed by atoms with van der Waals surface area (Å²) in [6.45, 7) is 1.73. The van der Waals surface area contributed by atoms with Crippen molar-refractivity contribution in [3.05, 3.63) is 38.9 Å². The fourth-order valence-electron chi connectivity index (χ4n) is 1.42. The molecule has 0 aromatic heterocycles. The summed E-state index contributed by atoms with van der Waals surface area (Å²) in [4.78, 5) is 32.3. The number of rotatable bonds is 6. The van der Waals surface area contributed by atoms with Crippen molar-refractivity contribution in [1.82, 2.24) is 5.32 Å². The third kappa shape index (κ3) is 4.20. The highest BCUT2D eigenvalue weighted by Gasteiger charge is 2.16. The van der Waals surface area contributed by atoms with Crippen molar-refractivity contribution >= 4 is 29.2 Å². The Hall–Kier alpha value is -2.15. The lowest BCUT2D eigenvalue weighted by Crippen LogP contribution is -2.27. The van der Waals surface area contributed by atoms with Crippen LogP contribution in [0.1, 0.15) is 23.7 Å². The number of hydrogen-bond acceptors (Lipinski definition) is 4. The van der Waals surface area contributed by atoms with Crippen molar-refractivity contribution < 1.29 is 19.6 Å². The third-order valence-electron chi connectivity index (χ3n) is 2.69. The highest BCUT2D eigenvalue weighted by Crippen LogP contribution is 2.24. The van der Waals surface area contributed by atoms with Crippen molar-refractivity contribution in [1.29, 1.82) is 0 Å². The number of benzene rings is 1. The highest BCUT2D eigenvalue weighted by molar-refractivity contribution is 6.33. The van der Waals surface area contributed by atoms with Crippen LogP contribution in [0.3, 0.4) is 0 Å². The first-order valence-electron chi connectivity index (χ1n) is 5.78. The predicted molar refractivity (Wildman–Crippen MR) is 71.9 cm³/mol. The van der Waals surface area contributed by atoms with E-state index in [1.807, 2.05) is 0 Å². The zero-order valence-corrected chi connectivity index (χ0v) is 11.4. The topological polar surface area (TPSA) is 110 Å². The Bertz CT molecular complexity index is 547. The summed E-state index contributed by atoms with van der Waals surface area (Å²) >= 11 is 5.70. The number of carboxylic acid groups (broad SMARTS) is 1. The smallest absolute Gasteiger partial charge is 0.306 e. The van der Waals surface area contributed by atoms with Gasteiger partial charge in [-0.05, 0) is 18.6 Å². The molecule has 2 N–H and O–H groups in total. The third-order valence-corrected chi connectivity index (χ3v) is 2.99. The number of nitro benzene ring substituents is 1. The van der Waals surface area contributed by atoms with Gasteiger partial charge in [0.05, 0.1) is 10.8 Å². The quantitative estimate of drug-likeness (QED) is 0.617. The van der Waals surface area contributed by atoms with E-state index in [4.69, 9.17) is 16.7 Å². The average Bonchev–Trinajstić information content (AvgIpc) is 2.37. The number of aliphatic carboxylic acids is 1. The fraction of sp³-hybridized carbons (Fsp3) is 0.333. The van der Waals surface area contributed by atoms with E-state index in [0.29, 0.717) is 6.42 Å². The summed E-state index contributed by atoms with van der Waals surface area (Å²) in [5.74, 6) is -1.95. The maximum Gasteiger partial charge on any atom is 0.306 e. The first kappa shape index (κ1) is 15.9. The van der Waals surface area contributed by atoms with Crippen molar-refractivity contribution in [2.45, 2.75) is 13.3 Å². The maximum absolute atomic E-state index is 11.7. The number of nitrogens with one attached hydrogen (secondary N) is 1. The SMILES string of the molecule is CC(CCNC(=O)c1ccc([N+](=O)[O-])c(Cl)c1)C(=O)O. The number of halogens is 1. The second kappa shape index (κ2) is 6.85. The van der Waals surface area contributed by atoms with E-state index in [-0.39, 0.29) is 22.8 Å². The van der Waals surface area contributed by atoms with Gasteiger partial charge in [0.1, 0.15) is 5.02 Å². The summed E-state index contributed by atoms with van der Waals surface area (Å²) in [6.07, 6.45) is 0.293. The second-order valence-electron chi connectivity index (χ2n) is 4.21. The van der Waals surface area contributed by atoms with Crippen LogP contribution in [0, 0.1) is 16.0 Å². The Morgan fingerprint density at radius 2 is 2.15 bits per heavy atom. The van der Waals surface area contributed by atoms with Crippen LogP contribution in [0.15, 0.2) is 18.2 Å². The Morgan fingerprint density at radius 3 is 2.65 bits per heavy atom. The lowest BCUT2D eigenvalue weighted by molar-refractivity contribution is -0.384. The first-order chi connectivity index (χ1) is 9.32. The highest BCUT2D eigenvalue weighted by atomic mass is 35.5. The molecule has 1 aromatic rings. The normalized spacial score (nSPS) is 11.7. The van der Waals surface area contributed by atoms with Crippen LogP contribution in [-0.2, 0) is 4.79 Å². The van der Waals surface area contributed by atoms with Gasteiger partial charge in [-0.15, -0.1) is 0 Å². The summed E-state index contributed by atoms with van der Waals surface area (Å²) < 4.78 is 0. The summed E-state index contributed by atoms with van der Waals surface area (Å²) in [5, 5.41) is 21.7. The minimum atomic E-state index is -0.933. The van der Waals surface area contributed by atoms with E-state index in [1.54, 1.807) is 0 Å². The zero-order valence-electron chi connectivity index (χ0n) is 10.6. The van der Waals surface area contributed by atoms with Crippen LogP contribution >= 0.6 is 11.6 Å². The minimum Gasteiger partial charge on any atom is -0.481 e. The molecule has 0 radical (unpaired) electrons. The van der Waals surface area contributed by atoms with Crippen LogP contribution in [0.4, 0.5) is 5.69 Å². The Labute approximate surface area is 119 Å². The molecule has 1 aromatic carbocycles. The van der Waals surface area contributed by atoms with Crippen molar-refractivity contribution in [2.24, 2.45) is 5.92 Å². The number of amides is 1. The number of nitrogens with zero attached hydrogens (tertiary/aromatic N) is 1. The number of carbonyl (C=O) groups excluding carboxylic acids is 1. The molecule has 1 unspecified atom stereocenters. The van der Waals surface area contributed by atoms with Crippen LogP contribution < -0.4 is 5.32 Å². The van der Waals surface area contributed by atoms with E-state index in [0.717, 1.165) is 6.07 Å². The molecule has 0 aliphatic heterocycles. The van der Waals surface area contributed by atoms with Crippen LogP contribution in [0.2, 0.25) is 5.02 Å². The molecule has 20 heavy (non-hydrogen) atoms. The van der Waals surface area contributed by atoms with E-state index in [2.05, 4.69) is 5.32 Å². The number of carbonyl (C=O) groups is 2. The van der Waals surface area contributed by atoms with Gasteiger partial charge in [0.25, 0.3) is 11.6 Å².